The number of nitrogens with zero attached hydrogens (tertiary/aromatic N) is 1. The molecule has 1 heterocycles. The highest BCUT2D eigenvalue weighted by Crippen LogP contribution is 2.26. The summed E-state index contributed by atoms with van der Waals surface area (Å²) in [4.78, 5) is 5.57. The van der Waals surface area contributed by atoms with Gasteiger partial charge in [0.25, 0.3) is 0 Å². The maximum absolute atomic E-state index is 5.57. The second-order valence-corrected chi connectivity index (χ2v) is 5.26. The Hall–Kier alpha value is -1.44. The monoisotopic (exact) mass is 217 g/mol. The maximum Gasteiger partial charge on any atom is 0.127 e. The molecule has 0 amide bonds. The van der Waals surface area contributed by atoms with E-state index in [0.717, 1.165) is 18.0 Å². The zero-order valence-corrected chi connectivity index (χ0v) is 10.4. The molecule has 2 heteroatoms. The highest BCUT2D eigenvalue weighted by atomic mass is 16.7. The Morgan fingerprint density at radius 3 is 2.19 bits per heavy atom. The molecule has 1 aromatic rings. The van der Waals surface area contributed by atoms with E-state index in [4.69, 9.17) is 4.84 Å². The van der Waals surface area contributed by atoms with Crippen molar-refractivity contribution in [1.82, 2.24) is 0 Å². The van der Waals surface area contributed by atoms with E-state index < -0.39 is 0 Å². The lowest BCUT2D eigenvalue weighted by Gasteiger charge is -2.22. The van der Waals surface area contributed by atoms with E-state index in [0.29, 0.717) is 0 Å². The fourth-order valence-electron chi connectivity index (χ4n) is 1.75. The van der Waals surface area contributed by atoms with Gasteiger partial charge in [-0.05, 0) is 36.1 Å². The summed E-state index contributed by atoms with van der Waals surface area (Å²) in [6, 6.07) is 8.58. The van der Waals surface area contributed by atoms with Gasteiger partial charge in [-0.15, -0.1) is 0 Å². The zero-order valence-electron chi connectivity index (χ0n) is 10.4. The maximum atomic E-state index is 5.57. The third kappa shape index (κ3) is 2.21. The summed E-state index contributed by atoms with van der Waals surface area (Å²) in [7, 11) is 0. The molecule has 1 aromatic carbocycles. The van der Waals surface area contributed by atoms with Gasteiger partial charge >= 0.3 is 0 Å². The van der Waals surface area contributed by atoms with Crippen molar-refractivity contribution in [2.75, 3.05) is 11.6 Å². The lowest BCUT2D eigenvalue weighted by Crippen LogP contribution is -2.17. The van der Waals surface area contributed by atoms with Crippen LogP contribution >= 0.6 is 0 Å². The largest absolute Gasteiger partial charge is 0.384 e. The standard InChI is InChI=1S/C14H19NO/c1-11-9-10-15(16-11)13-7-5-12(6-8-13)14(2,3)4/h5-9H,10H2,1-4H3. The van der Waals surface area contributed by atoms with Gasteiger partial charge < -0.3 is 4.84 Å². The topological polar surface area (TPSA) is 12.5 Å². The van der Waals surface area contributed by atoms with Crippen LogP contribution in [0.25, 0.3) is 0 Å². The van der Waals surface area contributed by atoms with Crippen LogP contribution in [0.2, 0.25) is 0 Å². The minimum absolute atomic E-state index is 0.207. The van der Waals surface area contributed by atoms with Gasteiger partial charge in [-0.1, -0.05) is 32.9 Å². The van der Waals surface area contributed by atoms with Crippen molar-refractivity contribution in [3.8, 4) is 0 Å². The molecule has 0 aliphatic carbocycles. The van der Waals surface area contributed by atoms with E-state index in [1.54, 1.807) is 0 Å². The van der Waals surface area contributed by atoms with Gasteiger partial charge in [0.05, 0.1) is 12.2 Å². The molecule has 0 saturated heterocycles. The Labute approximate surface area is 97.5 Å². The molecule has 0 aromatic heterocycles. The molecular formula is C14H19NO. The molecule has 1 aliphatic heterocycles. The van der Waals surface area contributed by atoms with E-state index in [1.807, 2.05) is 12.0 Å². The number of allylic oxidation sites excluding steroid dienone is 1. The summed E-state index contributed by atoms with van der Waals surface area (Å²) < 4.78 is 0. The second-order valence-electron chi connectivity index (χ2n) is 5.26. The van der Waals surface area contributed by atoms with Gasteiger partial charge in [-0.3, -0.25) is 0 Å². The molecule has 0 fully saturated rings. The van der Waals surface area contributed by atoms with Gasteiger partial charge in [0.1, 0.15) is 5.76 Å². The van der Waals surface area contributed by atoms with E-state index in [2.05, 4.69) is 51.1 Å². The summed E-state index contributed by atoms with van der Waals surface area (Å²) >= 11 is 0. The molecular weight excluding hydrogens is 198 g/mol. The Balaban J connectivity index is 2.15. The average Bonchev–Trinajstić information content (AvgIpc) is 2.64. The van der Waals surface area contributed by atoms with Crippen LogP contribution in [0, 0.1) is 0 Å². The first kappa shape index (κ1) is 11.1. The average molecular weight is 217 g/mol. The minimum atomic E-state index is 0.207. The van der Waals surface area contributed by atoms with Gasteiger partial charge in [-0.25, -0.2) is 5.06 Å². The highest BCUT2D eigenvalue weighted by Gasteiger charge is 2.16. The SMILES string of the molecule is CC1=CCN(c2ccc(C(C)(C)C)cc2)O1. The minimum Gasteiger partial charge on any atom is -0.384 e. The van der Waals surface area contributed by atoms with E-state index in [9.17, 15) is 0 Å². The van der Waals surface area contributed by atoms with Crippen LogP contribution in [0.4, 0.5) is 5.69 Å². The Bertz CT molecular complexity index is 398. The predicted octanol–water partition coefficient (Wildman–Crippen LogP) is 3.64. The molecule has 0 bridgehead atoms. The summed E-state index contributed by atoms with van der Waals surface area (Å²) in [6.45, 7) is 9.48. The Morgan fingerprint density at radius 1 is 1.12 bits per heavy atom. The zero-order chi connectivity index (χ0) is 11.8. The molecule has 0 saturated carbocycles. The smallest absolute Gasteiger partial charge is 0.127 e. The fraction of sp³-hybridized carbons (Fsp3) is 0.429. The first-order valence-electron chi connectivity index (χ1n) is 5.69. The van der Waals surface area contributed by atoms with E-state index in [1.165, 1.54) is 5.56 Å². The number of hydrogen-bond donors (Lipinski definition) is 0. The van der Waals surface area contributed by atoms with Gasteiger partial charge in [0.15, 0.2) is 0 Å². The van der Waals surface area contributed by atoms with Gasteiger partial charge in [0.2, 0.25) is 0 Å². The van der Waals surface area contributed by atoms with E-state index in [-0.39, 0.29) is 5.41 Å². The Kier molecular flexibility index (Phi) is 2.66. The molecule has 2 nitrogen and oxygen atoms in total. The summed E-state index contributed by atoms with van der Waals surface area (Å²) in [5.41, 5.74) is 2.67. The van der Waals surface area contributed by atoms with Crippen LogP contribution in [0.3, 0.4) is 0 Å². The lowest BCUT2D eigenvalue weighted by molar-refractivity contribution is 0.214. The summed E-state index contributed by atoms with van der Waals surface area (Å²) in [5.74, 6) is 0.972. The van der Waals surface area contributed by atoms with Crippen molar-refractivity contribution in [1.29, 1.82) is 0 Å². The summed E-state index contributed by atoms with van der Waals surface area (Å²) in [5, 5.41) is 1.90. The van der Waals surface area contributed by atoms with Crippen LogP contribution in [-0.2, 0) is 10.3 Å². The van der Waals surface area contributed by atoms with Gasteiger partial charge in [-0.2, -0.15) is 0 Å². The Morgan fingerprint density at radius 2 is 1.75 bits per heavy atom. The molecule has 0 unspecified atom stereocenters. The van der Waals surface area contributed by atoms with Crippen molar-refractivity contribution >= 4 is 5.69 Å². The van der Waals surface area contributed by atoms with Crippen molar-refractivity contribution in [3.05, 3.63) is 41.7 Å². The van der Waals surface area contributed by atoms with Crippen LogP contribution in [-0.4, -0.2) is 6.54 Å². The number of hydroxylamine groups is 1. The van der Waals surface area contributed by atoms with Crippen molar-refractivity contribution < 1.29 is 4.84 Å². The van der Waals surface area contributed by atoms with Crippen molar-refractivity contribution in [3.63, 3.8) is 0 Å². The van der Waals surface area contributed by atoms with E-state index >= 15 is 0 Å². The molecule has 0 N–H and O–H groups in total. The lowest BCUT2D eigenvalue weighted by atomic mass is 9.87. The number of hydrogen-bond acceptors (Lipinski definition) is 2. The summed E-state index contributed by atoms with van der Waals surface area (Å²) in [6.07, 6.45) is 2.08. The molecule has 0 spiro atoms. The first-order chi connectivity index (χ1) is 7.47. The normalized spacial score (nSPS) is 16.0. The molecule has 2 rings (SSSR count). The van der Waals surface area contributed by atoms with Crippen LogP contribution in [0.1, 0.15) is 33.3 Å². The quantitative estimate of drug-likeness (QED) is 0.712. The molecule has 0 radical (unpaired) electrons. The van der Waals surface area contributed by atoms with Crippen molar-refractivity contribution in [2.45, 2.75) is 33.1 Å². The predicted molar refractivity (Wildman–Crippen MR) is 67.3 cm³/mol. The van der Waals surface area contributed by atoms with Gasteiger partial charge in [0, 0.05) is 0 Å². The first-order valence-corrected chi connectivity index (χ1v) is 5.69. The molecule has 16 heavy (non-hydrogen) atoms. The van der Waals surface area contributed by atoms with Crippen LogP contribution in [0.15, 0.2) is 36.1 Å². The molecule has 0 atom stereocenters. The van der Waals surface area contributed by atoms with Crippen LogP contribution < -0.4 is 5.06 Å². The number of benzene rings is 1. The highest BCUT2D eigenvalue weighted by molar-refractivity contribution is 5.48. The molecule has 86 valence electrons. The van der Waals surface area contributed by atoms with Crippen molar-refractivity contribution in [2.24, 2.45) is 0 Å². The fourth-order valence-corrected chi connectivity index (χ4v) is 1.75. The molecule has 1 aliphatic rings. The van der Waals surface area contributed by atoms with Crippen LogP contribution in [0.5, 0.6) is 0 Å². The third-order valence-electron chi connectivity index (χ3n) is 2.82. The third-order valence-corrected chi connectivity index (χ3v) is 2.82. The number of rotatable bonds is 1. The number of anilines is 1. The second kappa shape index (κ2) is 3.85.